The second kappa shape index (κ2) is 8.68. The summed E-state index contributed by atoms with van der Waals surface area (Å²) in [6.45, 7) is 5.94. The molecule has 0 bridgehead atoms. The van der Waals surface area contributed by atoms with Gasteiger partial charge in [0, 0.05) is 7.05 Å². The summed E-state index contributed by atoms with van der Waals surface area (Å²) in [5, 5.41) is 10.2. The van der Waals surface area contributed by atoms with E-state index in [4.69, 9.17) is 0 Å². The highest BCUT2D eigenvalue weighted by molar-refractivity contribution is 6.03. The first-order chi connectivity index (χ1) is 15.6. The number of hydrogen-bond acceptors (Lipinski definition) is 7. The third-order valence-electron chi connectivity index (χ3n) is 5.35. The van der Waals surface area contributed by atoms with Crippen molar-refractivity contribution < 1.29 is 18.0 Å². The molecule has 0 saturated carbocycles. The molecule has 0 spiro atoms. The van der Waals surface area contributed by atoms with Crippen molar-refractivity contribution in [2.24, 2.45) is 5.92 Å². The normalized spacial score (nSPS) is 15.6. The van der Waals surface area contributed by atoms with Crippen LogP contribution in [0.1, 0.15) is 30.9 Å². The number of nitrogens with zero attached hydrogens (tertiary/aromatic N) is 6. The second-order valence-electron chi connectivity index (χ2n) is 8.21. The maximum atomic E-state index is 13.4. The third kappa shape index (κ3) is 4.45. The molecular formula is C21H23F3N8O. The lowest BCUT2D eigenvalue weighted by Crippen LogP contribution is -2.49. The van der Waals surface area contributed by atoms with E-state index in [1.807, 2.05) is 25.8 Å². The molecule has 33 heavy (non-hydrogen) atoms. The molecule has 1 aromatic carbocycles. The number of fused-ring (bicyclic) bond motifs is 1. The van der Waals surface area contributed by atoms with Crippen molar-refractivity contribution in [3.8, 4) is 0 Å². The number of carbonyl (C=O) groups excluding carboxylic acids is 1. The lowest BCUT2D eigenvalue weighted by Gasteiger charge is -2.36. The number of carbonyl (C=O) groups is 1. The zero-order valence-corrected chi connectivity index (χ0v) is 18.5. The summed E-state index contributed by atoms with van der Waals surface area (Å²) in [5.74, 6) is -2.67. The monoisotopic (exact) mass is 460 g/mol. The summed E-state index contributed by atoms with van der Waals surface area (Å²) in [4.78, 5) is 27.4. The Morgan fingerprint density at radius 3 is 2.55 bits per heavy atom. The van der Waals surface area contributed by atoms with Gasteiger partial charge in [-0.25, -0.2) is 27.8 Å². The molecule has 0 radical (unpaired) electrons. The van der Waals surface area contributed by atoms with Crippen molar-refractivity contribution >= 4 is 23.4 Å². The van der Waals surface area contributed by atoms with Crippen LogP contribution in [0, 0.1) is 30.3 Å². The Morgan fingerprint density at radius 2 is 1.88 bits per heavy atom. The maximum absolute atomic E-state index is 13.4. The minimum atomic E-state index is -1.51. The highest BCUT2D eigenvalue weighted by Gasteiger charge is 2.35. The van der Waals surface area contributed by atoms with Gasteiger partial charge in [-0.05, 0) is 30.5 Å². The van der Waals surface area contributed by atoms with Gasteiger partial charge in [0.15, 0.2) is 29.1 Å². The van der Waals surface area contributed by atoms with Crippen LogP contribution in [-0.4, -0.2) is 43.7 Å². The number of likely N-dealkylation sites (N-methyl/N-ethyl adjacent to an activating group) is 1. The number of rotatable bonds is 6. The van der Waals surface area contributed by atoms with Gasteiger partial charge in [0.2, 0.25) is 11.9 Å². The summed E-state index contributed by atoms with van der Waals surface area (Å²) in [7, 11) is 1.82. The van der Waals surface area contributed by atoms with Crippen molar-refractivity contribution in [2.45, 2.75) is 39.9 Å². The Kier molecular flexibility index (Phi) is 5.91. The number of aromatic nitrogens is 5. The number of aryl methyl sites for hydroxylation is 1. The van der Waals surface area contributed by atoms with Crippen molar-refractivity contribution in [2.75, 3.05) is 22.6 Å². The Balaban J connectivity index is 1.47. The summed E-state index contributed by atoms with van der Waals surface area (Å²) < 4.78 is 41.3. The van der Waals surface area contributed by atoms with Gasteiger partial charge in [-0.3, -0.25) is 4.79 Å². The van der Waals surface area contributed by atoms with E-state index in [9.17, 15) is 18.0 Å². The third-order valence-corrected chi connectivity index (χ3v) is 5.35. The molecule has 9 nitrogen and oxygen atoms in total. The van der Waals surface area contributed by atoms with Crippen LogP contribution in [0.4, 0.5) is 30.6 Å². The van der Waals surface area contributed by atoms with Crippen LogP contribution in [0.5, 0.6) is 0 Å². The average molecular weight is 460 g/mol. The maximum Gasteiger partial charge on any atom is 0.247 e. The predicted octanol–water partition coefficient (Wildman–Crippen LogP) is 2.87. The number of halogens is 3. The molecule has 1 atom stereocenters. The molecule has 3 heterocycles. The largest absolute Gasteiger partial charge is 0.347 e. The second-order valence-corrected chi connectivity index (χ2v) is 8.21. The Hall–Kier alpha value is -3.70. The minimum absolute atomic E-state index is 0.0245. The van der Waals surface area contributed by atoms with Crippen LogP contribution in [0.25, 0.3) is 0 Å². The van der Waals surface area contributed by atoms with Gasteiger partial charge in [0.1, 0.15) is 18.1 Å². The molecule has 2 aromatic heterocycles. The van der Waals surface area contributed by atoms with E-state index in [-0.39, 0.29) is 36.5 Å². The summed E-state index contributed by atoms with van der Waals surface area (Å²) in [5.41, 5.74) is 1.41. The fourth-order valence-electron chi connectivity index (χ4n) is 3.83. The molecule has 3 aromatic rings. The first-order valence-corrected chi connectivity index (χ1v) is 10.3. The number of amides is 1. The summed E-state index contributed by atoms with van der Waals surface area (Å²) >= 11 is 0. The zero-order chi connectivity index (χ0) is 23.9. The zero-order valence-electron chi connectivity index (χ0n) is 18.5. The van der Waals surface area contributed by atoms with Crippen LogP contribution in [0.15, 0.2) is 18.5 Å². The van der Waals surface area contributed by atoms with Crippen LogP contribution < -0.4 is 15.5 Å². The van der Waals surface area contributed by atoms with Gasteiger partial charge < -0.3 is 15.5 Å². The number of nitrogens with one attached hydrogen (secondary N) is 2. The van der Waals surface area contributed by atoms with Gasteiger partial charge in [0.25, 0.3) is 0 Å². The van der Waals surface area contributed by atoms with Crippen LogP contribution >= 0.6 is 0 Å². The van der Waals surface area contributed by atoms with E-state index in [1.165, 1.54) is 11.0 Å². The quantitative estimate of drug-likeness (QED) is 0.546. The van der Waals surface area contributed by atoms with Gasteiger partial charge in [-0.15, -0.1) is 0 Å². The topological polar surface area (TPSA) is 101 Å². The highest BCUT2D eigenvalue weighted by Crippen LogP contribution is 2.34. The van der Waals surface area contributed by atoms with Crippen molar-refractivity contribution in [1.29, 1.82) is 0 Å². The van der Waals surface area contributed by atoms with Crippen LogP contribution in [-0.2, 0) is 17.9 Å². The van der Waals surface area contributed by atoms with E-state index >= 15 is 0 Å². The van der Waals surface area contributed by atoms with E-state index in [1.54, 1.807) is 6.92 Å². The van der Waals surface area contributed by atoms with Crippen LogP contribution in [0.3, 0.4) is 0 Å². The molecule has 1 amide bonds. The standard InChI is InChI=1S/C21H23F3N8O/c1-10(2)18-20(33)28-17-11(3)27-21(29-19(17)31(18)4)25-7-15-26-9-32(30-15)8-12-5-13(22)16(24)14(23)6-12/h5-6,9-10,18H,7-8H2,1-4H3,(H,28,33)(H,25,27,29)/t18-/m0/s1. The smallest absolute Gasteiger partial charge is 0.247 e. The number of hydrogen-bond donors (Lipinski definition) is 2. The summed E-state index contributed by atoms with van der Waals surface area (Å²) in [6.07, 6.45) is 1.41. The SMILES string of the molecule is Cc1nc(NCc2ncn(Cc3cc(F)c(F)c(F)c3)n2)nc2c1NC(=O)[C@H](C(C)C)N2C. The molecule has 0 fully saturated rings. The van der Waals surface area contributed by atoms with Gasteiger partial charge in [-0.2, -0.15) is 10.1 Å². The molecule has 4 rings (SSSR count). The molecule has 12 heteroatoms. The Morgan fingerprint density at radius 1 is 1.18 bits per heavy atom. The Bertz CT molecular complexity index is 1190. The molecule has 0 unspecified atom stereocenters. The molecule has 0 saturated heterocycles. The van der Waals surface area contributed by atoms with Gasteiger partial charge >= 0.3 is 0 Å². The molecule has 0 aliphatic carbocycles. The lowest BCUT2D eigenvalue weighted by molar-refractivity contribution is -0.118. The first-order valence-electron chi connectivity index (χ1n) is 10.3. The van der Waals surface area contributed by atoms with E-state index in [0.717, 1.165) is 12.1 Å². The van der Waals surface area contributed by atoms with Crippen molar-refractivity contribution in [1.82, 2.24) is 24.7 Å². The Labute approximate surface area is 188 Å². The van der Waals surface area contributed by atoms with Crippen molar-refractivity contribution in [3.63, 3.8) is 0 Å². The molecule has 174 valence electrons. The molecule has 1 aliphatic heterocycles. The number of anilines is 3. The highest BCUT2D eigenvalue weighted by atomic mass is 19.2. The predicted molar refractivity (Wildman–Crippen MR) is 115 cm³/mol. The minimum Gasteiger partial charge on any atom is -0.347 e. The average Bonchev–Trinajstić information content (AvgIpc) is 3.18. The number of benzene rings is 1. The van der Waals surface area contributed by atoms with Crippen molar-refractivity contribution in [3.05, 3.63) is 53.0 Å². The fourth-order valence-corrected chi connectivity index (χ4v) is 3.83. The van der Waals surface area contributed by atoms with E-state index in [0.29, 0.717) is 29.0 Å². The molecular weight excluding hydrogens is 437 g/mol. The van der Waals surface area contributed by atoms with E-state index in [2.05, 4.69) is 30.7 Å². The van der Waals surface area contributed by atoms with Gasteiger partial charge in [0.05, 0.1) is 18.8 Å². The molecule has 1 aliphatic rings. The molecule has 2 N–H and O–H groups in total. The van der Waals surface area contributed by atoms with E-state index < -0.39 is 17.5 Å². The fraction of sp³-hybridized carbons (Fsp3) is 0.381. The summed E-state index contributed by atoms with van der Waals surface area (Å²) in [6, 6.07) is 1.49. The van der Waals surface area contributed by atoms with Gasteiger partial charge in [-0.1, -0.05) is 13.8 Å². The first kappa shape index (κ1) is 22.5. The lowest BCUT2D eigenvalue weighted by atomic mass is 9.99. The van der Waals surface area contributed by atoms with Crippen LogP contribution in [0.2, 0.25) is 0 Å².